The van der Waals surface area contributed by atoms with E-state index >= 15 is 0 Å². The molecule has 3 aromatic rings. The first-order chi connectivity index (χ1) is 9.59. The smallest absolute Gasteiger partial charge is 0.337 e. The van der Waals surface area contributed by atoms with Crippen molar-refractivity contribution in [3.63, 3.8) is 0 Å². The van der Waals surface area contributed by atoms with Gasteiger partial charge in [-0.15, -0.1) is 5.10 Å². The lowest BCUT2D eigenvalue weighted by Crippen LogP contribution is -2.04. The molecule has 1 heterocycles. The SMILES string of the molecule is Cc1c(Br)cccc1-n1nnc2cccc(C(=O)O)c21. The molecule has 0 atom stereocenters. The molecule has 0 spiro atoms. The van der Waals surface area contributed by atoms with Crippen LogP contribution in [0.25, 0.3) is 16.7 Å². The summed E-state index contributed by atoms with van der Waals surface area (Å²) in [5.41, 5.74) is 3.02. The predicted molar refractivity (Wildman–Crippen MR) is 78.3 cm³/mol. The van der Waals surface area contributed by atoms with E-state index in [-0.39, 0.29) is 5.56 Å². The summed E-state index contributed by atoms with van der Waals surface area (Å²) >= 11 is 3.47. The molecule has 100 valence electrons. The summed E-state index contributed by atoms with van der Waals surface area (Å²) in [6, 6.07) is 10.7. The number of hydrogen-bond donors (Lipinski definition) is 1. The molecule has 0 radical (unpaired) electrons. The van der Waals surface area contributed by atoms with Gasteiger partial charge in [0, 0.05) is 4.47 Å². The van der Waals surface area contributed by atoms with Crippen LogP contribution in [0, 0.1) is 6.92 Å². The number of aromatic carboxylic acids is 1. The molecule has 5 nitrogen and oxygen atoms in total. The van der Waals surface area contributed by atoms with Gasteiger partial charge in [-0.05, 0) is 36.8 Å². The van der Waals surface area contributed by atoms with Crippen molar-refractivity contribution >= 4 is 32.9 Å². The van der Waals surface area contributed by atoms with Crippen molar-refractivity contribution < 1.29 is 9.90 Å². The Hall–Kier alpha value is -2.21. The fourth-order valence-corrected chi connectivity index (χ4v) is 2.49. The van der Waals surface area contributed by atoms with Crippen LogP contribution in [0.2, 0.25) is 0 Å². The van der Waals surface area contributed by atoms with Crippen LogP contribution in [0.4, 0.5) is 0 Å². The number of benzene rings is 2. The average Bonchev–Trinajstić information content (AvgIpc) is 2.85. The number of carboxylic acids is 1. The first-order valence-electron chi connectivity index (χ1n) is 5.93. The topological polar surface area (TPSA) is 68.0 Å². The van der Waals surface area contributed by atoms with Crippen molar-refractivity contribution in [2.45, 2.75) is 6.92 Å². The minimum Gasteiger partial charge on any atom is -0.478 e. The average molecular weight is 332 g/mol. The maximum absolute atomic E-state index is 11.4. The molecule has 0 unspecified atom stereocenters. The lowest BCUT2D eigenvalue weighted by Gasteiger charge is -2.09. The molecule has 0 aliphatic heterocycles. The highest BCUT2D eigenvalue weighted by atomic mass is 79.9. The van der Waals surface area contributed by atoms with Crippen LogP contribution >= 0.6 is 15.9 Å². The van der Waals surface area contributed by atoms with Gasteiger partial charge in [0.25, 0.3) is 0 Å². The number of carbonyl (C=O) groups is 1. The lowest BCUT2D eigenvalue weighted by atomic mass is 10.1. The maximum Gasteiger partial charge on any atom is 0.337 e. The van der Waals surface area contributed by atoms with E-state index in [1.807, 2.05) is 25.1 Å². The van der Waals surface area contributed by atoms with Crippen molar-refractivity contribution in [2.24, 2.45) is 0 Å². The van der Waals surface area contributed by atoms with Crippen molar-refractivity contribution in [3.05, 3.63) is 52.0 Å². The predicted octanol–water partition coefficient (Wildman–Crippen LogP) is 3.19. The number of carboxylic acid groups (broad SMARTS) is 1. The normalized spacial score (nSPS) is 10.9. The maximum atomic E-state index is 11.4. The zero-order chi connectivity index (χ0) is 14.3. The summed E-state index contributed by atoms with van der Waals surface area (Å²) < 4.78 is 2.50. The first kappa shape index (κ1) is 12.8. The summed E-state index contributed by atoms with van der Waals surface area (Å²) in [7, 11) is 0. The number of nitrogens with zero attached hydrogens (tertiary/aromatic N) is 3. The molecule has 20 heavy (non-hydrogen) atoms. The Morgan fingerprint density at radius 1 is 1.25 bits per heavy atom. The molecule has 0 amide bonds. The van der Waals surface area contributed by atoms with Crippen molar-refractivity contribution in [1.82, 2.24) is 15.0 Å². The van der Waals surface area contributed by atoms with E-state index in [4.69, 9.17) is 0 Å². The summed E-state index contributed by atoms with van der Waals surface area (Å²) in [5, 5.41) is 17.5. The van der Waals surface area contributed by atoms with E-state index in [1.54, 1.807) is 22.9 Å². The minimum atomic E-state index is -0.994. The van der Waals surface area contributed by atoms with Gasteiger partial charge in [0.05, 0.1) is 11.3 Å². The highest BCUT2D eigenvalue weighted by molar-refractivity contribution is 9.10. The Morgan fingerprint density at radius 2 is 2.00 bits per heavy atom. The second kappa shape index (κ2) is 4.72. The first-order valence-corrected chi connectivity index (χ1v) is 6.72. The Labute approximate surface area is 123 Å². The molecule has 0 saturated heterocycles. The molecule has 0 aliphatic carbocycles. The van der Waals surface area contributed by atoms with Gasteiger partial charge in [-0.1, -0.05) is 33.3 Å². The highest BCUT2D eigenvalue weighted by Crippen LogP contribution is 2.26. The van der Waals surface area contributed by atoms with Crippen LogP contribution < -0.4 is 0 Å². The van der Waals surface area contributed by atoms with Gasteiger partial charge in [0.15, 0.2) is 0 Å². The van der Waals surface area contributed by atoms with Gasteiger partial charge in [0.2, 0.25) is 0 Å². The van der Waals surface area contributed by atoms with Crippen LogP contribution in [0.5, 0.6) is 0 Å². The molecule has 0 fully saturated rings. The fourth-order valence-electron chi connectivity index (χ4n) is 2.14. The largest absolute Gasteiger partial charge is 0.478 e. The quantitative estimate of drug-likeness (QED) is 0.783. The Bertz CT molecular complexity index is 826. The van der Waals surface area contributed by atoms with Crippen LogP contribution in [0.3, 0.4) is 0 Å². The number of halogens is 1. The van der Waals surface area contributed by atoms with Crippen LogP contribution in [0.1, 0.15) is 15.9 Å². The van der Waals surface area contributed by atoms with Crippen molar-refractivity contribution in [2.75, 3.05) is 0 Å². The van der Waals surface area contributed by atoms with Gasteiger partial charge in [-0.3, -0.25) is 0 Å². The van der Waals surface area contributed by atoms with Crippen LogP contribution in [0.15, 0.2) is 40.9 Å². The Kier molecular flexibility index (Phi) is 3.02. The number of hydrogen-bond acceptors (Lipinski definition) is 3. The van der Waals surface area contributed by atoms with Crippen LogP contribution in [-0.4, -0.2) is 26.1 Å². The highest BCUT2D eigenvalue weighted by Gasteiger charge is 2.16. The number of rotatable bonds is 2. The number of aromatic nitrogens is 3. The summed E-state index contributed by atoms with van der Waals surface area (Å²) in [6.07, 6.45) is 0. The van der Waals surface area contributed by atoms with Gasteiger partial charge in [-0.25, -0.2) is 9.48 Å². The molecule has 0 aliphatic rings. The van der Waals surface area contributed by atoms with E-state index in [2.05, 4.69) is 26.2 Å². The number of para-hydroxylation sites is 1. The molecule has 3 rings (SSSR count). The third-order valence-electron chi connectivity index (χ3n) is 3.17. The Balaban J connectivity index is 2.38. The van der Waals surface area contributed by atoms with Gasteiger partial charge < -0.3 is 5.11 Å². The second-order valence-corrected chi connectivity index (χ2v) is 5.22. The molecule has 0 saturated carbocycles. The monoisotopic (exact) mass is 331 g/mol. The third-order valence-corrected chi connectivity index (χ3v) is 4.03. The van der Waals surface area contributed by atoms with Gasteiger partial charge in [-0.2, -0.15) is 0 Å². The number of fused-ring (bicyclic) bond motifs is 1. The molecule has 0 bridgehead atoms. The zero-order valence-corrected chi connectivity index (χ0v) is 12.1. The summed E-state index contributed by atoms with van der Waals surface area (Å²) in [4.78, 5) is 11.4. The van der Waals surface area contributed by atoms with E-state index < -0.39 is 5.97 Å². The third kappa shape index (κ3) is 1.89. The Morgan fingerprint density at radius 3 is 2.75 bits per heavy atom. The molecule has 1 aromatic heterocycles. The van der Waals surface area contributed by atoms with E-state index in [9.17, 15) is 9.90 Å². The molecule has 6 heteroatoms. The second-order valence-electron chi connectivity index (χ2n) is 4.36. The standard InChI is InChI=1S/C14H10BrN3O2/c1-8-10(15)5-3-7-12(8)18-13-9(14(19)20)4-2-6-11(13)16-17-18/h2-7H,1H3,(H,19,20). The lowest BCUT2D eigenvalue weighted by molar-refractivity contribution is 0.0698. The van der Waals surface area contributed by atoms with Crippen molar-refractivity contribution in [3.8, 4) is 5.69 Å². The molecular weight excluding hydrogens is 322 g/mol. The van der Waals surface area contributed by atoms with E-state index in [1.165, 1.54) is 0 Å². The van der Waals surface area contributed by atoms with Crippen molar-refractivity contribution in [1.29, 1.82) is 0 Å². The fraction of sp³-hybridized carbons (Fsp3) is 0.0714. The summed E-state index contributed by atoms with van der Waals surface area (Å²) in [5.74, 6) is -0.994. The molecule has 1 N–H and O–H groups in total. The molecular formula is C14H10BrN3O2. The van der Waals surface area contributed by atoms with Gasteiger partial charge >= 0.3 is 5.97 Å². The van der Waals surface area contributed by atoms with Gasteiger partial charge in [0.1, 0.15) is 11.0 Å². The zero-order valence-electron chi connectivity index (χ0n) is 10.5. The van der Waals surface area contributed by atoms with E-state index in [0.717, 1.165) is 15.7 Å². The van der Waals surface area contributed by atoms with E-state index in [0.29, 0.717) is 11.0 Å². The summed E-state index contributed by atoms with van der Waals surface area (Å²) in [6.45, 7) is 1.94. The molecule has 2 aromatic carbocycles. The van der Waals surface area contributed by atoms with Crippen LogP contribution in [-0.2, 0) is 0 Å². The minimum absolute atomic E-state index is 0.187.